The second-order valence-corrected chi connectivity index (χ2v) is 7.51. The topological polar surface area (TPSA) is 69.7 Å². The van der Waals surface area contributed by atoms with E-state index in [1.54, 1.807) is 4.90 Å². The number of hydrogen-bond acceptors (Lipinski definition) is 3. The van der Waals surface area contributed by atoms with E-state index in [9.17, 15) is 13.2 Å². The largest absolute Gasteiger partial charge is 0.333 e. The van der Waals surface area contributed by atoms with E-state index in [0.29, 0.717) is 11.6 Å². The number of nitrogens with one attached hydrogen (secondary N) is 1. The van der Waals surface area contributed by atoms with Gasteiger partial charge in [-0.05, 0) is 29.7 Å². The molecule has 1 atom stereocenters. The zero-order chi connectivity index (χ0) is 15.2. The monoisotopic (exact) mass is 329 g/mol. The number of halogens is 1. The van der Waals surface area contributed by atoms with Crippen LogP contribution in [0.1, 0.15) is 17.2 Å². The fourth-order valence-corrected chi connectivity index (χ4v) is 4.03. The number of fused-ring (bicyclic) bond motifs is 3. The van der Waals surface area contributed by atoms with Crippen LogP contribution in [0.3, 0.4) is 0 Å². The van der Waals surface area contributed by atoms with E-state index in [1.165, 1.54) is 11.4 Å². The highest BCUT2D eigenvalue weighted by Crippen LogP contribution is 2.35. The highest BCUT2D eigenvalue weighted by atomic mass is 35.5. The molecule has 1 N–H and O–H groups in total. The van der Waals surface area contributed by atoms with Crippen LogP contribution in [0, 0.1) is 0 Å². The molecule has 8 heteroatoms. The van der Waals surface area contributed by atoms with Crippen molar-refractivity contribution < 1.29 is 13.2 Å². The Bertz CT molecular complexity index is 692. The second kappa shape index (κ2) is 5.24. The smallest absolute Gasteiger partial charge is 0.279 e. The SMILES string of the molecule is CNS(=O)(=O)N1CC(=O)N2CCc3ccc(Cl)cc3C2C1. The van der Waals surface area contributed by atoms with Crippen LogP contribution in [-0.4, -0.2) is 50.2 Å². The van der Waals surface area contributed by atoms with Gasteiger partial charge in [-0.3, -0.25) is 4.79 Å². The zero-order valence-electron chi connectivity index (χ0n) is 11.5. The van der Waals surface area contributed by atoms with E-state index in [2.05, 4.69) is 4.72 Å². The average molecular weight is 330 g/mol. The lowest BCUT2D eigenvalue weighted by molar-refractivity contribution is -0.138. The van der Waals surface area contributed by atoms with Crippen LogP contribution >= 0.6 is 11.6 Å². The Morgan fingerprint density at radius 2 is 2.14 bits per heavy atom. The lowest BCUT2D eigenvalue weighted by Gasteiger charge is -2.43. The van der Waals surface area contributed by atoms with E-state index in [1.807, 2.05) is 18.2 Å². The minimum atomic E-state index is -3.61. The summed E-state index contributed by atoms with van der Waals surface area (Å²) >= 11 is 6.05. The fourth-order valence-electron chi connectivity index (χ4n) is 2.98. The summed E-state index contributed by atoms with van der Waals surface area (Å²) in [4.78, 5) is 14.0. The standard InChI is InChI=1S/C13H16ClN3O3S/c1-15-21(19,20)16-7-12-11-6-10(14)3-2-9(11)4-5-17(12)13(18)8-16/h2-3,6,12,15H,4-5,7-8H2,1H3. The third kappa shape index (κ3) is 2.55. The van der Waals surface area contributed by atoms with E-state index >= 15 is 0 Å². The van der Waals surface area contributed by atoms with Crippen LogP contribution in [0.15, 0.2) is 18.2 Å². The first kappa shape index (κ1) is 14.8. The molecule has 1 aromatic carbocycles. The Hall–Kier alpha value is -1.15. The number of hydrogen-bond donors (Lipinski definition) is 1. The Kier molecular flexibility index (Phi) is 3.69. The lowest BCUT2D eigenvalue weighted by Crippen LogP contribution is -2.57. The minimum Gasteiger partial charge on any atom is -0.333 e. The van der Waals surface area contributed by atoms with Crippen molar-refractivity contribution in [2.45, 2.75) is 12.5 Å². The van der Waals surface area contributed by atoms with Crippen LogP contribution in [-0.2, 0) is 21.4 Å². The Morgan fingerprint density at radius 3 is 2.86 bits per heavy atom. The van der Waals surface area contributed by atoms with E-state index in [4.69, 9.17) is 11.6 Å². The third-order valence-corrected chi connectivity index (χ3v) is 5.78. The predicted molar refractivity (Wildman–Crippen MR) is 79.2 cm³/mol. The summed E-state index contributed by atoms with van der Waals surface area (Å²) in [5.41, 5.74) is 2.07. The minimum absolute atomic E-state index is 0.116. The van der Waals surface area contributed by atoms with Crippen molar-refractivity contribution in [1.82, 2.24) is 13.9 Å². The molecule has 0 aliphatic carbocycles. The molecule has 1 saturated heterocycles. The molecule has 1 unspecified atom stereocenters. The van der Waals surface area contributed by atoms with E-state index < -0.39 is 10.2 Å². The molecule has 2 aliphatic heterocycles. The van der Waals surface area contributed by atoms with Crippen molar-refractivity contribution >= 4 is 27.7 Å². The molecule has 0 bridgehead atoms. The predicted octanol–water partition coefficient (Wildman–Crippen LogP) is 0.546. The fraction of sp³-hybridized carbons (Fsp3) is 0.462. The first-order chi connectivity index (χ1) is 9.92. The highest BCUT2D eigenvalue weighted by Gasteiger charge is 2.40. The van der Waals surface area contributed by atoms with Gasteiger partial charge in [-0.15, -0.1) is 0 Å². The quantitative estimate of drug-likeness (QED) is 0.861. The van der Waals surface area contributed by atoms with Gasteiger partial charge in [0.25, 0.3) is 10.2 Å². The van der Waals surface area contributed by atoms with Crippen molar-refractivity contribution in [2.24, 2.45) is 0 Å². The molecule has 0 aromatic heterocycles. The van der Waals surface area contributed by atoms with E-state index in [-0.39, 0.29) is 25.0 Å². The molecule has 0 saturated carbocycles. The lowest BCUT2D eigenvalue weighted by atomic mass is 9.91. The molecule has 114 valence electrons. The van der Waals surface area contributed by atoms with Crippen LogP contribution in [0.2, 0.25) is 5.02 Å². The second-order valence-electron chi connectivity index (χ2n) is 5.20. The van der Waals surface area contributed by atoms with E-state index in [0.717, 1.165) is 17.5 Å². The van der Waals surface area contributed by atoms with Crippen LogP contribution in [0.5, 0.6) is 0 Å². The number of benzene rings is 1. The van der Waals surface area contributed by atoms with Crippen LogP contribution in [0.4, 0.5) is 0 Å². The molecule has 1 fully saturated rings. The maximum absolute atomic E-state index is 12.3. The summed E-state index contributed by atoms with van der Waals surface area (Å²) in [6.07, 6.45) is 0.771. The molecule has 0 radical (unpaired) electrons. The number of carbonyl (C=O) groups excluding carboxylic acids is 1. The van der Waals surface area contributed by atoms with Crippen LogP contribution in [0.25, 0.3) is 0 Å². The average Bonchev–Trinajstić information content (AvgIpc) is 2.47. The van der Waals surface area contributed by atoms with Gasteiger partial charge in [0.1, 0.15) is 0 Å². The van der Waals surface area contributed by atoms with Gasteiger partial charge in [0.05, 0.1) is 12.6 Å². The summed E-state index contributed by atoms with van der Waals surface area (Å²) in [5.74, 6) is -0.171. The first-order valence-corrected chi connectivity index (χ1v) is 8.50. The molecular weight excluding hydrogens is 314 g/mol. The third-order valence-electron chi connectivity index (χ3n) is 4.07. The number of piperazine rings is 1. The normalized spacial score (nSPS) is 22.9. The van der Waals surface area contributed by atoms with Gasteiger partial charge < -0.3 is 4.90 Å². The number of rotatable bonds is 2. The van der Waals surface area contributed by atoms with Crippen molar-refractivity contribution in [1.29, 1.82) is 0 Å². The molecule has 2 heterocycles. The number of carbonyl (C=O) groups is 1. The van der Waals surface area contributed by atoms with Gasteiger partial charge in [0, 0.05) is 25.2 Å². The molecule has 6 nitrogen and oxygen atoms in total. The highest BCUT2D eigenvalue weighted by molar-refractivity contribution is 7.87. The van der Waals surface area contributed by atoms with Gasteiger partial charge in [-0.1, -0.05) is 17.7 Å². The Labute approximate surface area is 128 Å². The van der Waals surface area contributed by atoms with Crippen molar-refractivity contribution in [2.75, 3.05) is 26.7 Å². The van der Waals surface area contributed by atoms with Crippen LogP contribution < -0.4 is 4.72 Å². The van der Waals surface area contributed by atoms with Gasteiger partial charge in [0.15, 0.2) is 0 Å². The molecule has 2 aliphatic rings. The summed E-state index contributed by atoms with van der Waals surface area (Å²) < 4.78 is 27.4. The van der Waals surface area contributed by atoms with Crippen molar-refractivity contribution in [3.05, 3.63) is 34.3 Å². The molecule has 1 aromatic rings. The van der Waals surface area contributed by atoms with Crippen molar-refractivity contribution in [3.8, 4) is 0 Å². The number of amides is 1. The zero-order valence-corrected chi connectivity index (χ0v) is 13.1. The van der Waals surface area contributed by atoms with Crippen molar-refractivity contribution in [3.63, 3.8) is 0 Å². The van der Waals surface area contributed by atoms with Gasteiger partial charge in [-0.2, -0.15) is 12.7 Å². The maximum Gasteiger partial charge on any atom is 0.279 e. The number of nitrogens with zero attached hydrogens (tertiary/aromatic N) is 2. The summed E-state index contributed by atoms with van der Waals surface area (Å²) in [6, 6.07) is 5.33. The molecule has 0 spiro atoms. The first-order valence-electron chi connectivity index (χ1n) is 6.69. The van der Waals surface area contributed by atoms with Gasteiger partial charge >= 0.3 is 0 Å². The van der Waals surface area contributed by atoms with Gasteiger partial charge in [0.2, 0.25) is 5.91 Å². The molecular formula is C13H16ClN3O3S. The molecule has 21 heavy (non-hydrogen) atoms. The molecule has 1 amide bonds. The summed E-state index contributed by atoms with van der Waals surface area (Å²) in [5, 5.41) is 0.594. The Balaban J connectivity index is 2.00. The maximum atomic E-state index is 12.3. The summed E-state index contributed by atoms with van der Waals surface area (Å²) in [6.45, 7) is 0.753. The van der Waals surface area contributed by atoms with Gasteiger partial charge in [-0.25, -0.2) is 4.72 Å². The summed E-state index contributed by atoms with van der Waals surface area (Å²) in [7, 11) is -2.27. The Morgan fingerprint density at radius 1 is 1.38 bits per heavy atom. The molecule has 3 rings (SSSR count).